The van der Waals surface area contributed by atoms with Crippen LogP contribution < -0.4 is 0 Å². The molecular weight excluding hydrogens is 294 g/mol. The molecule has 0 unspecified atom stereocenters. The van der Waals surface area contributed by atoms with Gasteiger partial charge in [-0.3, -0.25) is 0 Å². The van der Waals surface area contributed by atoms with E-state index in [1.54, 1.807) is 11.0 Å². The van der Waals surface area contributed by atoms with Crippen molar-refractivity contribution >= 4 is 23.7 Å². The monoisotopic (exact) mass is 311 g/mol. The normalized spacial score (nSPS) is 14.6. The second-order valence-corrected chi connectivity index (χ2v) is 6.40. The summed E-state index contributed by atoms with van der Waals surface area (Å²) in [5, 5.41) is 9.33. The topological polar surface area (TPSA) is 66.8 Å². The first-order chi connectivity index (χ1) is 9.69. The molecule has 6 heteroatoms. The number of fused-ring (bicyclic) bond motifs is 1. The van der Waals surface area contributed by atoms with Crippen molar-refractivity contribution in [1.29, 1.82) is 0 Å². The number of halogens is 1. The van der Waals surface area contributed by atoms with Crippen LogP contribution in [0.3, 0.4) is 0 Å². The zero-order chi connectivity index (χ0) is 15.8. The van der Waals surface area contributed by atoms with Crippen LogP contribution >= 0.6 is 11.6 Å². The van der Waals surface area contributed by atoms with Crippen molar-refractivity contribution in [3.63, 3.8) is 0 Å². The number of amides is 1. The van der Waals surface area contributed by atoms with Gasteiger partial charge in [0.15, 0.2) is 0 Å². The molecule has 5 nitrogen and oxygen atoms in total. The minimum Gasteiger partial charge on any atom is -0.478 e. The second kappa shape index (κ2) is 5.56. The molecule has 1 heterocycles. The van der Waals surface area contributed by atoms with E-state index in [1.165, 1.54) is 6.07 Å². The van der Waals surface area contributed by atoms with Crippen LogP contribution in [0.15, 0.2) is 12.1 Å². The number of hydrogen-bond acceptors (Lipinski definition) is 3. The molecular formula is C15H18ClNO4. The van der Waals surface area contributed by atoms with Gasteiger partial charge in [-0.25, -0.2) is 9.59 Å². The highest BCUT2D eigenvalue weighted by Crippen LogP contribution is 2.30. The maximum atomic E-state index is 12.1. The minimum atomic E-state index is -1.04. The summed E-state index contributed by atoms with van der Waals surface area (Å²) in [6, 6.07) is 3.18. The Kier molecular flexibility index (Phi) is 4.14. The van der Waals surface area contributed by atoms with Crippen LogP contribution in [0.25, 0.3) is 0 Å². The van der Waals surface area contributed by atoms with Crippen LogP contribution in [-0.4, -0.2) is 34.2 Å². The summed E-state index contributed by atoms with van der Waals surface area (Å²) in [4.78, 5) is 24.7. The summed E-state index contributed by atoms with van der Waals surface area (Å²) in [6.07, 6.45) is 0.153. The van der Waals surface area contributed by atoms with Crippen molar-refractivity contribution < 1.29 is 19.4 Å². The lowest BCUT2D eigenvalue weighted by molar-refractivity contribution is 0.0223. The second-order valence-electron chi connectivity index (χ2n) is 6.02. The van der Waals surface area contributed by atoms with Crippen molar-refractivity contribution in [2.24, 2.45) is 0 Å². The van der Waals surface area contributed by atoms with Crippen LogP contribution in [0, 0.1) is 0 Å². The molecule has 2 rings (SSSR count). The molecule has 0 atom stereocenters. The fraction of sp³-hybridized carbons (Fsp3) is 0.467. The van der Waals surface area contributed by atoms with Gasteiger partial charge in [-0.2, -0.15) is 0 Å². The van der Waals surface area contributed by atoms with E-state index in [-0.39, 0.29) is 16.7 Å². The van der Waals surface area contributed by atoms with Crippen molar-refractivity contribution in [3.05, 3.63) is 33.8 Å². The van der Waals surface area contributed by atoms with Gasteiger partial charge < -0.3 is 14.7 Å². The number of hydrogen-bond donors (Lipinski definition) is 1. The summed E-state index contributed by atoms with van der Waals surface area (Å²) in [5.41, 5.74) is 1.22. The van der Waals surface area contributed by atoms with Crippen molar-refractivity contribution in [2.45, 2.75) is 39.3 Å². The molecule has 1 aromatic carbocycles. The van der Waals surface area contributed by atoms with E-state index in [0.717, 1.165) is 11.1 Å². The molecule has 1 aliphatic heterocycles. The van der Waals surface area contributed by atoms with Gasteiger partial charge in [0.1, 0.15) is 5.60 Å². The van der Waals surface area contributed by atoms with Crippen LogP contribution in [-0.2, 0) is 17.7 Å². The van der Waals surface area contributed by atoms with E-state index >= 15 is 0 Å². The molecule has 0 saturated carbocycles. The number of rotatable bonds is 1. The van der Waals surface area contributed by atoms with E-state index in [2.05, 4.69) is 0 Å². The summed E-state index contributed by atoms with van der Waals surface area (Å²) < 4.78 is 5.34. The van der Waals surface area contributed by atoms with Crippen LogP contribution in [0.2, 0.25) is 5.02 Å². The molecule has 0 saturated heterocycles. The number of ether oxygens (including phenoxy) is 1. The van der Waals surface area contributed by atoms with Gasteiger partial charge >= 0.3 is 12.1 Å². The number of carbonyl (C=O) groups is 2. The Morgan fingerprint density at radius 3 is 2.57 bits per heavy atom. The summed E-state index contributed by atoms with van der Waals surface area (Å²) >= 11 is 6.14. The van der Waals surface area contributed by atoms with Crippen LogP contribution in [0.4, 0.5) is 4.79 Å². The molecule has 1 amide bonds. The Morgan fingerprint density at radius 1 is 1.33 bits per heavy atom. The lowest BCUT2D eigenvalue weighted by Gasteiger charge is -2.31. The Labute approximate surface area is 128 Å². The number of nitrogens with zero attached hydrogens (tertiary/aromatic N) is 1. The lowest BCUT2D eigenvalue weighted by atomic mass is 9.97. The fourth-order valence-electron chi connectivity index (χ4n) is 2.26. The molecule has 1 aliphatic rings. The zero-order valence-electron chi connectivity index (χ0n) is 12.3. The van der Waals surface area contributed by atoms with Crippen molar-refractivity contribution in [3.8, 4) is 0 Å². The highest BCUT2D eigenvalue weighted by molar-refractivity contribution is 6.34. The van der Waals surface area contributed by atoms with Crippen molar-refractivity contribution in [1.82, 2.24) is 4.90 Å². The van der Waals surface area contributed by atoms with E-state index in [9.17, 15) is 9.59 Å². The first-order valence-electron chi connectivity index (χ1n) is 6.70. The van der Waals surface area contributed by atoms with Crippen molar-refractivity contribution in [2.75, 3.05) is 6.54 Å². The average molecular weight is 312 g/mol. The average Bonchev–Trinajstić information content (AvgIpc) is 2.36. The van der Waals surface area contributed by atoms with Gasteiger partial charge in [-0.1, -0.05) is 17.7 Å². The SMILES string of the molecule is CC(C)(C)OC(=O)N1CCc2c(ccc(C(=O)O)c2Cl)C1. The van der Waals surface area contributed by atoms with Gasteiger partial charge in [0.25, 0.3) is 0 Å². The predicted molar refractivity (Wildman–Crippen MR) is 78.8 cm³/mol. The van der Waals surface area contributed by atoms with Crippen LogP contribution in [0.5, 0.6) is 0 Å². The third kappa shape index (κ3) is 3.47. The predicted octanol–water partition coefficient (Wildman–Crippen LogP) is 3.33. The molecule has 0 aromatic heterocycles. The minimum absolute atomic E-state index is 0.0983. The third-order valence-corrected chi connectivity index (χ3v) is 3.65. The van der Waals surface area contributed by atoms with Gasteiger partial charge in [-0.05, 0) is 44.4 Å². The first-order valence-corrected chi connectivity index (χ1v) is 7.08. The number of carboxylic acid groups (broad SMARTS) is 1. The van der Waals surface area contributed by atoms with E-state index in [4.69, 9.17) is 21.4 Å². The van der Waals surface area contributed by atoms with Gasteiger partial charge in [0.05, 0.1) is 10.6 Å². The first kappa shape index (κ1) is 15.6. The van der Waals surface area contributed by atoms with Gasteiger partial charge in [0.2, 0.25) is 0 Å². The number of carbonyl (C=O) groups excluding carboxylic acids is 1. The molecule has 21 heavy (non-hydrogen) atoms. The quantitative estimate of drug-likeness (QED) is 0.864. The zero-order valence-corrected chi connectivity index (χ0v) is 13.0. The Balaban J connectivity index is 2.20. The smallest absolute Gasteiger partial charge is 0.410 e. The standard InChI is InChI=1S/C15H18ClNO4/c1-15(2,3)21-14(20)17-7-6-10-9(8-17)4-5-11(12(10)16)13(18)19/h4-5H,6-8H2,1-3H3,(H,18,19). The number of carboxylic acids is 1. The maximum Gasteiger partial charge on any atom is 0.410 e. The van der Waals surface area contributed by atoms with E-state index in [0.29, 0.717) is 19.5 Å². The summed E-state index contributed by atoms with van der Waals surface area (Å²) in [7, 11) is 0. The number of benzene rings is 1. The molecule has 0 bridgehead atoms. The molecule has 1 N–H and O–H groups in total. The Morgan fingerprint density at radius 2 is 2.00 bits per heavy atom. The highest BCUT2D eigenvalue weighted by atomic mass is 35.5. The van der Waals surface area contributed by atoms with Gasteiger partial charge in [-0.15, -0.1) is 0 Å². The van der Waals surface area contributed by atoms with E-state index in [1.807, 2.05) is 20.8 Å². The van der Waals surface area contributed by atoms with E-state index < -0.39 is 11.6 Å². The molecule has 1 aromatic rings. The van der Waals surface area contributed by atoms with Crippen LogP contribution in [0.1, 0.15) is 42.3 Å². The molecule has 0 radical (unpaired) electrons. The molecule has 0 fully saturated rings. The molecule has 0 aliphatic carbocycles. The molecule has 114 valence electrons. The Bertz CT molecular complexity index is 592. The molecule has 0 spiro atoms. The highest BCUT2D eigenvalue weighted by Gasteiger charge is 2.27. The summed E-state index contributed by atoms with van der Waals surface area (Å²) in [6.45, 7) is 6.30. The lowest BCUT2D eigenvalue weighted by Crippen LogP contribution is -2.40. The fourth-order valence-corrected chi connectivity index (χ4v) is 2.62. The Hall–Kier alpha value is -1.75. The maximum absolute atomic E-state index is 12.1. The third-order valence-electron chi connectivity index (χ3n) is 3.22. The largest absolute Gasteiger partial charge is 0.478 e. The number of aromatic carboxylic acids is 1. The summed E-state index contributed by atoms with van der Waals surface area (Å²) in [5.74, 6) is -1.04. The van der Waals surface area contributed by atoms with Gasteiger partial charge in [0, 0.05) is 13.1 Å².